The molecule has 0 aromatic rings. The number of hydrogen-bond donors (Lipinski definition) is 1. The molecule has 0 radical (unpaired) electrons. The molecule has 0 saturated heterocycles. The number of carbonyl (C=O) groups excluding carboxylic acids is 1. The predicted molar refractivity (Wildman–Crippen MR) is 66.9 cm³/mol. The van der Waals surface area contributed by atoms with Gasteiger partial charge in [-0.2, -0.15) is 0 Å². The smallest absolute Gasteiger partial charge is 0.410 e. The van der Waals surface area contributed by atoms with Gasteiger partial charge in [-0.1, -0.05) is 0 Å². The molecule has 1 unspecified atom stereocenters. The van der Waals surface area contributed by atoms with Crippen LogP contribution in [0.4, 0.5) is 13.6 Å². The van der Waals surface area contributed by atoms with Crippen LogP contribution in [0.2, 0.25) is 0 Å². The van der Waals surface area contributed by atoms with Gasteiger partial charge in [-0.25, -0.2) is 13.6 Å². The second-order valence-corrected chi connectivity index (χ2v) is 5.14. The van der Waals surface area contributed by atoms with Crippen LogP contribution >= 0.6 is 0 Å². The topological polar surface area (TPSA) is 41.6 Å². The normalized spacial score (nSPS) is 13.6. The number of amides is 1. The van der Waals surface area contributed by atoms with Gasteiger partial charge in [-0.3, -0.25) is 0 Å². The first-order valence-electron chi connectivity index (χ1n) is 6.16. The molecule has 6 heteroatoms. The maximum Gasteiger partial charge on any atom is 0.410 e. The van der Waals surface area contributed by atoms with E-state index < -0.39 is 24.2 Å². The molecule has 0 aromatic carbocycles. The summed E-state index contributed by atoms with van der Waals surface area (Å²) in [5.41, 5.74) is -0.547. The van der Waals surface area contributed by atoms with E-state index in [0.29, 0.717) is 19.6 Å². The zero-order valence-corrected chi connectivity index (χ0v) is 11.8. The van der Waals surface area contributed by atoms with Gasteiger partial charge in [0.15, 0.2) is 0 Å². The Hall–Kier alpha value is -0.910. The Labute approximate surface area is 108 Å². The van der Waals surface area contributed by atoms with E-state index >= 15 is 0 Å². The highest BCUT2D eigenvalue weighted by Crippen LogP contribution is 2.09. The lowest BCUT2D eigenvalue weighted by atomic mass is 10.2. The summed E-state index contributed by atoms with van der Waals surface area (Å²) in [6.45, 7) is 9.75. The van der Waals surface area contributed by atoms with E-state index in [2.05, 4.69) is 5.32 Å². The third kappa shape index (κ3) is 7.42. The van der Waals surface area contributed by atoms with Crippen LogP contribution in [0, 0.1) is 0 Å². The second kappa shape index (κ2) is 7.51. The molecule has 0 fully saturated rings. The lowest BCUT2D eigenvalue weighted by molar-refractivity contribution is 0.0257. The fourth-order valence-corrected chi connectivity index (χ4v) is 1.22. The highest BCUT2D eigenvalue weighted by atomic mass is 19.3. The van der Waals surface area contributed by atoms with Gasteiger partial charge in [0.25, 0.3) is 6.43 Å². The largest absolute Gasteiger partial charge is 0.444 e. The average molecular weight is 266 g/mol. The Bertz CT molecular complexity index is 255. The van der Waals surface area contributed by atoms with Crippen LogP contribution in [0.15, 0.2) is 0 Å². The molecule has 0 aromatic heterocycles. The van der Waals surface area contributed by atoms with Crippen molar-refractivity contribution in [3.05, 3.63) is 0 Å². The number of nitrogens with zero attached hydrogens (tertiary/aromatic N) is 1. The van der Waals surface area contributed by atoms with Crippen molar-refractivity contribution in [2.45, 2.75) is 52.7 Å². The van der Waals surface area contributed by atoms with Crippen LogP contribution in [0.5, 0.6) is 0 Å². The Kier molecular flexibility index (Phi) is 7.13. The van der Waals surface area contributed by atoms with E-state index in [4.69, 9.17) is 4.74 Å². The first-order valence-corrected chi connectivity index (χ1v) is 6.16. The van der Waals surface area contributed by atoms with Gasteiger partial charge in [0.2, 0.25) is 0 Å². The molecular weight excluding hydrogens is 242 g/mol. The number of nitrogens with one attached hydrogen (secondary N) is 1. The van der Waals surface area contributed by atoms with Gasteiger partial charge in [0, 0.05) is 19.6 Å². The van der Waals surface area contributed by atoms with Gasteiger partial charge in [-0.05, 0) is 34.6 Å². The molecule has 4 nitrogen and oxygen atoms in total. The molecule has 0 heterocycles. The van der Waals surface area contributed by atoms with Crippen molar-refractivity contribution in [2.75, 3.05) is 19.6 Å². The van der Waals surface area contributed by atoms with Gasteiger partial charge in [0.05, 0.1) is 6.04 Å². The molecule has 0 aliphatic carbocycles. The first-order chi connectivity index (χ1) is 8.17. The maximum absolute atomic E-state index is 12.2. The zero-order valence-electron chi connectivity index (χ0n) is 11.8. The molecule has 1 atom stereocenters. The van der Waals surface area contributed by atoms with Gasteiger partial charge in [-0.15, -0.1) is 0 Å². The van der Waals surface area contributed by atoms with E-state index in [1.807, 2.05) is 6.92 Å². The summed E-state index contributed by atoms with van der Waals surface area (Å²) < 4.78 is 29.7. The van der Waals surface area contributed by atoms with Crippen molar-refractivity contribution >= 4 is 6.09 Å². The molecule has 1 N–H and O–H groups in total. The summed E-state index contributed by atoms with van der Waals surface area (Å²) in [7, 11) is 0. The van der Waals surface area contributed by atoms with Crippen LogP contribution in [0.25, 0.3) is 0 Å². The van der Waals surface area contributed by atoms with Crippen LogP contribution in [-0.2, 0) is 4.74 Å². The minimum atomic E-state index is -2.40. The molecule has 0 aliphatic heterocycles. The van der Waals surface area contributed by atoms with E-state index in [1.54, 1.807) is 20.8 Å². The summed E-state index contributed by atoms with van der Waals surface area (Å²) in [5, 5.41) is 2.67. The van der Waals surface area contributed by atoms with Crippen molar-refractivity contribution < 1.29 is 18.3 Å². The van der Waals surface area contributed by atoms with Crippen molar-refractivity contribution in [2.24, 2.45) is 0 Å². The minimum Gasteiger partial charge on any atom is -0.444 e. The average Bonchev–Trinajstić information content (AvgIpc) is 2.21. The van der Waals surface area contributed by atoms with Crippen LogP contribution in [0.1, 0.15) is 34.6 Å². The third-order valence-corrected chi connectivity index (χ3v) is 2.26. The minimum absolute atomic E-state index is 0.318. The van der Waals surface area contributed by atoms with Crippen molar-refractivity contribution in [1.29, 1.82) is 0 Å². The third-order valence-electron chi connectivity index (χ3n) is 2.26. The number of carbonyl (C=O) groups is 1. The van der Waals surface area contributed by atoms with Gasteiger partial charge < -0.3 is 15.0 Å². The molecular formula is C12H24F2N2O2. The van der Waals surface area contributed by atoms with Gasteiger partial charge in [0.1, 0.15) is 5.60 Å². The number of alkyl halides is 2. The number of halogens is 2. The lowest BCUT2D eigenvalue weighted by Crippen LogP contribution is -2.43. The monoisotopic (exact) mass is 266 g/mol. The van der Waals surface area contributed by atoms with Crippen LogP contribution < -0.4 is 5.32 Å². The summed E-state index contributed by atoms with van der Waals surface area (Å²) >= 11 is 0. The van der Waals surface area contributed by atoms with Crippen molar-refractivity contribution in [1.82, 2.24) is 10.2 Å². The summed E-state index contributed by atoms with van der Waals surface area (Å²) in [4.78, 5) is 13.2. The second-order valence-electron chi connectivity index (χ2n) is 5.14. The number of ether oxygens (including phenoxy) is 1. The molecule has 1 amide bonds. The molecule has 0 aliphatic rings. The number of likely N-dealkylation sites (N-methyl/N-ethyl adjacent to an activating group) is 1. The lowest BCUT2D eigenvalue weighted by Gasteiger charge is -2.27. The molecule has 18 heavy (non-hydrogen) atoms. The van der Waals surface area contributed by atoms with E-state index in [0.717, 1.165) is 0 Å². The highest BCUT2D eigenvalue weighted by molar-refractivity contribution is 5.68. The summed E-state index contributed by atoms with van der Waals surface area (Å²) in [6.07, 6.45) is -2.82. The molecule has 108 valence electrons. The summed E-state index contributed by atoms with van der Waals surface area (Å²) in [6, 6.07) is -0.873. The van der Waals surface area contributed by atoms with Crippen molar-refractivity contribution in [3.8, 4) is 0 Å². The van der Waals surface area contributed by atoms with E-state index in [1.165, 1.54) is 11.8 Å². The van der Waals surface area contributed by atoms with Crippen LogP contribution in [0.3, 0.4) is 0 Å². The highest BCUT2D eigenvalue weighted by Gasteiger charge is 2.21. The molecule has 0 spiro atoms. The summed E-state index contributed by atoms with van der Waals surface area (Å²) in [5.74, 6) is 0. The van der Waals surface area contributed by atoms with E-state index in [-0.39, 0.29) is 0 Å². The Morgan fingerprint density at radius 2 is 1.94 bits per heavy atom. The number of rotatable bonds is 6. The SMILES string of the molecule is CCN(CCNC(C)C(F)F)C(=O)OC(C)(C)C. The first kappa shape index (κ1) is 17.1. The standard InChI is InChI=1S/C12H24F2N2O2/c1-6-16(11(17)18-12(3,4)5)8-7-15-9(2)10(13)14/h9-10,15H,6-8H2,1-5H3. The van der Waals surface area contributed by atoms with E-state index in [9.17, 15) is 13.6 Å². The predicted octanol–water partition coefficient (Wildman–Crippen LogP) is 2.49. The Balaban J connectivity index is 4.08. The maximum atomic E-state index is 12.2. The fourth-order valence-electron chi connectivity index (χ4n) is 1.22. The Morgan fingerprint density at radius 1 is 1.39 bits per heavy atom. The zero-order chi connectivity index (χ0) is 14.3. The number of hydrogen-bond acceptors (Lipinski definition) is 3. The quantitative estimate of drug-likeness (QED) is 0.803. The Morgan fingerprint density at radius 3 is 2.33 bits per heavy atom. The van der Waals surface area contributed by atoms with Crippen LogP contribution in [-0.4, -0.2) is 48.7 Å². The van der Waals surface area contributed by atoms with Crippen molar-refractivity contribution in [3.63, 3.8) is 0 Å². The molecule has 0 saturated carbocycles. The van der Waals surface area contributed by atoms with Gasteiger partial charge >= 0.3 is 6.09 Å². The molecule has 0 bridgehead atoms. The molecule has 0 rings (SSSR count). The fraction of sp³-hybridized carbons (Fsp3) is 0.917.